The van der Waals surface area contributed by atoms with E-state index in [1.165, 1.54) is 0 Å². The zero-order chi connectivity index (χ0) is 25.1. The molecule has 0 amide bonds. The van der Waals surface area contributed by atoms with E-state index in [0.717, 1.165) is 11.3 Å². The molecule has 0 bridgehead atoms. The number of hydrogen-bond acceptors (Lipinski definition) is 6. The predicted octanol–water partition coefficient (Wildman–Crippen LogP) is 5.67. The maximum atomic E-state index is 13.7. The van der Waals surface area contributed by atoms with Gasteiger partial charge in [0.15, 0.2) is 5.78 Å². The number of halogens is 1. The summed E-state index contributed by atoms with van der Waals surface area (Å²) in [6, 6.07) is 13.0. The largest absolute Gasteiger partial charge is 0.497 e. The molecule has 0 saturated carbocycles. The summed E-state index contributed by atoms with van der Waals surface area (Å²) in [5, 5.41) is 4.03. The molecule has 2 atom stereocenters. The monoisotopic (exact) mass is 495 g/mol. The van der Waals surface area contributed by atoms with Gasteiger partial charge in [0.2, 0.25) is 0 Å². The molecule has 2 aromatic rings. The van der Waals surface area contributed by atoms with E-state index in [-0.39, 0.29) is 11.7 Å². The number of allylic oxidation sites excluding steroid dienone is 3. The highest BCUT2D eigenvalue weighted by atomic mass is 35.5. The molecule has 1 heterocycles. The molecule has 4 rings (SSSR count). The van der Waals surface area contributed by atoms with Crippen LogP contribution in [0.3, 0.4) is 0 Å². The zero-order valence-electron chi connectivity index (χ0n) is 20.4. The molecule has 0 fully saturated rings. The van der Waals surface area contributed by atoms with Gasteiger partial charge in [0.25, 0.3) is 0 Å². The Kier molecular flexibility index (Phi) is 7.51. The van der Waals surface area contributed by atoms with Gasteiger partial charge in [0.1, 0.15) is 11.5 Å². The third kappa shape index (κ3) is 4.94. The first-order valence-corrected chi connectivity index (χ1v) is 12.1. The van der Waals surface area contributed by atoms with Gasteiger partial charge < -0.3 is 19.5 Å². The van der Waals surface area contributed by atoms with Crippen molar-refractivity contribution in [1.29, 1.82) is 0 Å². The third-order valence-corrected chi connectivity index (χ3v) is 6.83. The van der Waals surface area contributed by atoms with E-state index in [9.17, 15) is 9.59 Å². The van der Waals surface area contributed by atoms with Crippen LogP contribution >= 0.6 is 11.6 Å². The molecule has 0 radical (unpaired) electrons. The van der Waals surface area contributed by atoms with Gasteiger partial charge in [-0.3, -0.25) is 4.79 Å². The van der Waals surface area contributed by atoms with Crippen LogP contribution in [0.2, 0.25) is 5.02 Å². The second-order valence-electron chi connectivity index (χ2n) is 8.81. The first kappa shape index (κ1) is 24.9. The summed E-state index contributed by atoms with van der Waals surface area (Å²) in [4.78, 5) is 27.0. The normalized spacial score (nSPS) is 19.7. The van der Waals surface area contributed by atoms with Crippen molar-refractivity contribution in [2.45, 2.75) is 44.9 Å². The number of carbonyl (C=O) groups excluding carboxylic acids is 2. The van der Waals surface area contributed by atoms with Crippen LogP contribution in [-0.4, -0.2) is 32.6 Å². The Morgan fingerprint density at radius 3 is 2.49 bits per heavy atom. The Labute approximate surface area is 210 Å². The fourth-order valence-electron chi connectivity index (χ4n) is 4.93. The van der Waals surface area contributed by atoms with Crippen molar-refractivity contribution in [2.75, 3.05) is 20.8 Å². The Hall–Kier alpha value is -3.25. The van der Waals surface area contributed by atoms with Crippen LogP contribution in [0.1, 0.15) is 56.1 Å². The SMILES string of the molecule is CCCOC(=O)C1=C(C)NC2=C(C(=O)CC(c3ccc(Cl)cc3)C2)C1c1cc(OC)ccc1OC. The molecule has 6 nitrogen and oxygen atoms in total. The van der Waals surface area contributed by atoms with E-state index in [4.69, 9.17) is 25.8 Å². The molecule has 184 valence electrons. The maximum Gasteiger partial charge on any atom is 0.336 e. The summed E-state index contributed by atoms with van der Waals surface area (Å²) in [5.41, 5.74) is 4.24. The standard InChI is InChI=1S/C28H30ClNO5/c1-5-12-35-28(32)25-16(2)30-22-13-18(17-6-8-19(29)9-7-17)14-23(31)27(22)26(25)21-15-20(33-3)10-11-24(21)34-4/h6-11,15,18,26,30H,5,12-14H2,1-4H3. The highest BCUT2D eigenvalue weighted by molar-refractivity contribution is 6.30. The highest BCUT2D eigenvalue weighted by Crippen LogP contribution is 2.48. The summed E-state index contributed by atoms with van der Waals surface area (Å²) < 4.78 is 16.7. The molecule has 2 aromatic carbocycles. The fraction of sp³-hybridized carbons (Fsp3) is 0.357. The Morgan fingerprint density at radius 2 is 1.83 bits per heavy atom. The molecular weight excluding hydrogens is 466 g/mol. The van der Waals surface area contributed by atoms with Gasteiger partial charge in [-0.25, -0.2) is 4.79 Å². The number of Topliss-reactive ketones (excluding diaryl/α,β-unsaturated/α-hetero) is 1. The molecule has 35 heavy (non-hydrogen) atoms. The molecule has 0 spiro atoms. The van der Waals surface area contributed by atoms with E-state index in [2.05, 4.69) is 5.32 Å². The number of benzene rings is 2. The van der Waals surface area contributed by atoms with Crippen LogP contribution in [0.15, 0.2) is 65.0 Å². The molecular formula is C28H30ClNO5. The number of methoxy groups -OCH3 is 2. The Morgan fingerprint density at radius 1 is 1.09 bits per heavy atom. The first-order chi connectivity index (χ1) is 16.9. The molecule has 0 aromatic heterocycles. The van der Waals surface area contributed by atoms with Crippen molar-refractivity contribution in [3.63, 3.8) is 0 Å². The quantitative estimate of drug-likeness (QED) is 0.499. The minimum atomic E-state index is -0.626. The summed E-state index contributed by atoms with van der Waals surface area (Å²) in [6.45, 7) is 4.09. The van der Waals surface area contributed by atoms with E-state index >= 15 is 0 Å². The molecule has 1 aliphatic heterocycles. The lowest BCUT2D eigenvalue weighted by atomic mass is 9.71. The Balaban J connectivity index is 1.84. The van der Waals surface area contributed by atoms with Crippen LogP contribution < -0.4 is 14.8 Å². The molecule has 7 heteroatoms. The van der Waals surface area contributed by atoms with Gasteiger partial charge in [0, 0.05) is 34.0 Å². The van der Waals surface area contributed by atoms with Gasteiger partial charge in [-0.2, -0.15) is 0 Å². The number of carbonyl (C=O) groups is 2. The van der Waals surface area contributed by atoms with E-state index in [0.29, 0.717) is 64.8 Å². The van der Waals surface area contributed by atoms with Gasteiger partial charge in [0.05, 0.1) is 32.3 Å². The van der Waals surface area contributed by atoms with Crippen molar-refractivity contribution in [3.05, 3.63) is 81.2 Å². The summed E-state index contributed by atoms with van der Waals surface area (Å²) in [6.07, 6.45) is 1.68. The van der Waals surface area contributed by atoms with E-state index in [1.807, 2.05) is 44.2 Å². The topological polar surface area (TPSA) is 73.9 Å². The van der Waals surface area contributed by atoms with Crippen molar-refractivity contribution in [2.24, 2.45) is 0 Å². The number of dihydropyridines is 1. The average Bonchev–Trinajstić information content (AvgIpc) is 2.86. The van der Waals surface area contributed by atoms with Gasteiger partial charge in [-0.1, -0.05) is 30.7 Å². The number of nitrogens with one attached hydrogen (secondary N) is 1. The fourth-order valence-corrected chi connectivity index (χ4v) is 5.05. The second-order valence-corrected chi connectivity index (χ2v) is 9.25. The molecule has 1 aliphatic carbocycles. The first-order valence-electron chi connectivity index (χ1n) is 11.8. The number of ketones is 1. The lowest BCUT2D eigenvalue weighted by Crippen LogP contribution is -2.36. The molecule has 2 aliphatic rings. The highest BCUT2D eigenvalue weighted by Gasteiger charge is 2.42. The lowest BCUT2D eigenvalue weighted by molar-refractivity contribution is -0.139. The van der Waals surface area contributed by atoms with Gasteiger partial charge >= 0.3 is 5.97 Å². The molecule has 2 unspecified atom stereocenters. The molecule has 0 saturated heterocycles. The smallest absolute Gasteiger partial charge is 0.336 e. The predicted molar refractivity (Wildman–Crippen MR) is 135 cm³/mol. The van der Waals surface area contributed by atoms with Crippen LogP contribution in [0.25, 0.3) is 0 Å². The Bertz CT molecular complexity index is 1200. The van der Waals surface area contributed by atoms with Gasteiger partial charge in [-0.05, 0) is 61.6 Å². The van der Waals surface area contributed by atoms with Crippen molar-refractivity contribution < 1.29 is 23.8 Å². The van der Waals surface area contributed by atoms with Crippen LogP contribution in [-0.2, 0) is 14.3 Å². The molecule has 1 N–H and O–H groups in total. The van der Waals surface area contributed by atoms with Crippen molar-refractivity contribution in [3.8, 4) is 11.5 Å². The van der Waals surface area contributed by atoms with Crippen molar-refractivity contribution >= 4 is 23.4 Å². The summed E-state index contributed by atoms with van der Waals surface area (Å²) >= 11 is 6.07. The maximum absolute atomic E-state index is 13.7. The number of esters is 1. The summed E-state index contributed by atoms with van der Waals surface area (Å²) in [5.74, 6) is 0.126. The number of rotatable bonds is 7. The lowest BCUT2D eigenvalue weighted by Gasteiger charge is -2.37. The summed E-state index contributed by atoms with van der Waals surface area (Å²) in [7, 11) is 3.16. The average molecular weight is 496 g/mol. The van der Waals surface area contributed by atoms with E-state index < -0.39 is 11.9 Å². The van der Waals surface area contributed by atoms with Crippen LogP contribution in [0.5, 0.6) is 11.5 Å². The minimum absolute atomic E-state index is 0.0122. The third-order valence-electron chi connectivity index (χ3n) is 6.57. The van der Waals surface area contributed by atoms with Crippen LogP contribution in [0.4, 0.5) is 0 Å². The van der Waals surface area contributed by atoms with Crippen LogP contribution in [0, 0.1) is 0 Å². The minimum Gasteiger partial charge on any atom is -0.497 e. The van der Waals surface area contributed by atoms with E-state index in [1.54, 1.807) is 26.4 Å². The van der Waals surface area contributed by atoms with Crippen molar-refractivity contribution in [1.82, 2.24) is 5.32 Å². The number of ether oxygens (including phenoxy) is 3. The van der Waals surface area contributed by atoms with Gasteiger partial charge in [-0.15, -0.1) is 0 Å². The zero-order valence-corrected chi connectivity index (χ0v) is 21.2. The second kappa shape index (κ2) is 10.6. The number of hydrogen-bond donors (Lipinski definition) is 1.